The first-order chi connectivity index (χ1) is 11.0. The highest BCUT2D eigenvalue weighted by molar-refractivity contribution is 9.10. The van der Waals surface area contributed by atoms with Crippen molar-refractivity contribution in [2.24, 2.45) is 11.7 Å². The molecule has 1 saturated carbocycles. The minimum absolute atomic E-state index is 0.0978. The van der Waals surface area contributed by atoms with E-state index in [2.05, 4.69) is 31.2 Å². The van der Waals surface area contributed by atoms with Crippen molar-refractivity contribution in [1.82, 2.24) is 9.97 Å². The summed E-state index contributed by atoms with van der Waals surface area (Å²) < 4.78 is 14.4. The van der Waals surface area contributed by atoms with Gasteiger partial charge in [-0.05, 0) is 36.1 Å². The molecule has 0 saturated heterocycles. The van der Waals surface area contributed by atoms with E-state index in [0.29, 0.717) is 16.2 Å². The van der Waals surface area contributed by atoms with Gasteiger partial charge in [0.15, 0.2) is 0 Å². The summed E-state index contributed by atoms with van der Waals surface area (Å²) >= 11 is 3.32. The Bertz CT molecular complexity index is 716. The molecule has 1 aromatic heterocycles. The minimum Gasteiger partial charge on any atom is -0.364 e. The summed E-state index contributed by atoms with van der Waals surface area (Å²) in [7, 11) is 0. The second-order valence-electron chi connectivity index (χ2n) is 5.73. The van der Waals surface area contributed by atoms with Gasteiger partial charge < -0.3 is 11.1 Å². The summed E-state index contributed by atoms with van der Waals surface area (Å²) in [4.78, 5) is 19.4. The van der Waals surface area contributed by atoms with Gasteiger partial charge in [0.2, 0.25) is 0 Å². The maximum atomic E-state index is 13.7. The molecule has 1 unspecified atom stereocenters. The van der Waals surface area contributed by atoms with Gasteiger partial charge in [0, 0.05) is 4.47 Å². The van der Waals surface area contributed by atoms with Crippen molar-refractivity contribution in [2.45, 2.75) is 25.3 Å². The van der Waals surface area contributed by atoms with Gasteiger partial charge >= 0.3 is 0 Å². The van der Waals surface area contributed by atoms with Gasteiger partial charge in [0.25, 0.3) is 5.91 Å². The van der Waals surface area contributed by atoms with Crippen molar-refractivity contribution in [2.75, 3.05) is 5.32 Å². The number of carbonyl (C=O) groups is 1. The number of primary amides is 1. The normalized spacial score (nSPS) is 15.2. The van der Waals surface area contributed by atoms with Crippen molar-refractivity contribution < 1.29 is 9.18 Å². The zero-order chi connectivity index (χ0) is 16.4. The summed E-state index contributed by atoms with van der Waals surface area (Å²) in [5.41, 5.74) is 6.16. The van der Waals surface area contributed by atoms with Gasteiger partial charge in [0.05, 0.1) is 18.4 Å². The smallest absolute Gasteiger partial charge is 0.268 e. The standard InChI is InChI=1S/C16H16BrFN4O/c17-11-4-10(5-12(18)6-11)13(3-9-1-2-9)21-15-8-20-7-14(22-15)16(19)23/h4-9,13H,1-3H2,(H2,19,23)(H,21,22). The van der Waals surface area contributed by atoms with Crippen LogP contribution in [0.4, 0.5) is 10.2 Å². The maximum absolute atomic E-state index is 13.7. The summed E-state index contributed by atoms with van der Waals surface area (Å²) in [6.45, 7) is 0. The predicted molar refractivity (Wildman–Crippen MR) is 88.4 cm³/mol. The highest BCUT2D eigenvalue weighted by atomic mass is 79.9. The fraction of sp³-hybridized carbons (Fsp3) is 0.312. The molecule has 1 amide bonds. The van der Waals surface area contributed by atoms with E-state index in [4.69, 9.17) is 5.73 Å². The van der Waals surface area contributed by atoms with Crippen molar-refractivity contribution >= 4 is 27.7 Å². The van der Waals surface area contributed by atoms with Crippen LogP contribution in [0.1, 0.15) is 41.4 Å². The molecule has 1 aliphatic carbocycles. The third kappa shape index (κ3) is 4.25. The van der Waals surface area contributed by atoms with E-state index in [-0.39, 0.29) is 17.6 Å². The third-order valence-electron chi connectivity index (χ3n) is 3.76. The Labute approximate surface area is 141 Å². The Morgan fingerprint density at radius 2 is 2.17 bits per heavy atom. The number of benzene rings is 1. The van der Waals surface area contributed by atoms with Crippen molar-refractivity contribution in [3.63, 3.8) is 0 Å². The molecule has 1 fully saturated rings. The number of carbonyl (C=O) groups excluding carboxylic acids is 1. The molecule has 23 heavy (non-hydrogen) atoms. The fourth-order valence-corrected chi connectivity index (χ4v) is 2.96. The van der Waals surface area contributed by atoms with Crippen LogP contribution in [-0.4, -0.2) is 15.9 Å². The molecule has 0 radical (unpaired) electrons. The monoisotopic (exact) mass is 378 g/mol. The van der Waals surface area contributed by atoms with Crippen LogP contribution in [0.15, 0.2) is 35.1 Å². The maximum Gasteiger partial charge on any atom is 0.268 e. The number of halogens is 2. The Balaban J connectivity index is 1.87. The number of amides is 1. The number of nitrogens with two attached hydrogens (primary N) is 1. The Morgan fingerprint density at radius 1 is 1.39 bits per heavy atom. The molecule has 0 aliphatic heterocycles. The molecule has 1 aliphatic rings. The number of aromatic nitrogens is 2. The molecule has 5 nitrogen and oxygen atoms in total. The Kier molecular flexibility index (Phi) is 4.56. The first-order valence-electron chi connectivity index (χ1n) is 7.35. The van der Waals surface area contributed by atoms with Crippen LogP contribution in [0.2, 0.25) is 0 Å². The molecule has 0 bridgehead atoms. The molecule has 120 valence electrons. The number of nitrogens with one attached hydrogen (secondary N) is 1. The van der Waals surface area contributed by atoms with E-state index < -0.39 is 5.91 Å². The second kappa shape index (κ2) is 6.62. The zero-order valence-corrected chi connectivity index (χ0v) is 13.9. The summed E-state index contributed by atoms with van der Waals surface area (Å²) in [6.07, 6.45) is 6.09. The average molecular weight is 379 g/mol. The molecule has 1 atom stereocenters. The van der Waals surface area contributed by atoms with Gasteiger partial charge in [-0.25, -0.2) is 9.37 Å². The van der Waals surface area contributed by atoms with E-state index in [9.17, 15) is 9.18 Å². The van der Waals surface area contributed by atoms with Gasteiger partial charge in [-0.1, -0.05) is 28.8 Å². The Morgan fingerprint density at radius 3 is 2.83 bits per heavy atom. The highest BCUT2D eigenvalue weighted by Crippen LogP contribution is 2.39. The lowest BCUT2D eigenvalue weighted by Crippen LogP contribution is -2.17. The van der Waals surface area contributed by atoms with E-state index in [1.54, 1.807) is 0 Å². The molecule has 3 N–H and O–H groups in total. The molecular formula is C16H16BrFN4O. The summed E-state index contributed by atoms with van der Waals surface area (Å²) in [6, 6.07) is 4.71. The molecule has 2 aromatic rings. The van der Waals surface area contributed by atoms with Crippen LogP contribution in [-0.2, 0) is 0 Å². The largest absolute Gasteiger partial charge is 0.364 e. The highest BCUT2D eigenvalue weighted by Gasteiger charge is 2.27. The molecule has 0 spiro atoms. The third-order valence-corrected chi connectivity index (χ3v) is 4.22. The van der Waals surface area contributed by atoms with Crippen LogP contribution >= 0.6 is 15.9 Å². The van der Waals surface area contributed by atoms with Crippen molar-refractivity contribution in [3.8, 4) is 0 Å². The van der Waals surface area contributed by atoms with Gasteiger partial charge in [-0.3, -0.25) is 9.78 Å². The lowest BCUT2D eigenvalue weighted by Gasteiger charge is -2.20. The first kappa shape index (κ1) is 15.9. The Hall–Kier alpha value is -2.02. The lowest BCUT2D eigenvalue weighted by molar-refractivity contribution is 0.0995. The van der Waals surface area contributed by atoms with Crippen LogP contribution in [0.25, 0.3) is 0 Å². The topological polar surface area (TPSA) is 80.9 Å². The lowest BCUT2D eigenvalue weighted by atomic mass is 10.0. The van der Waals surface area contributed by atoms with Crippen LogP contribution in [0.3, 0.4) is 0 Å². The molecule has 7 heteroatoms. The minimum atomic E-state index is -0.631. The number of nitrogens with zero attached hydrogens (tertiary/aromatic N) is 2. The molecular weight excluding hydrogens is 363 g/mol. The predicted octanol–water partition coefficient (Wildman–Crippen LogP) is 3.43. The van der Waals surface area contributed by atoms with Crippen LogP contribution in [0, 0.1) is 11.7 Å². The van der Waals surface area contributed by atoms with E-state index in [1.807, 2.05) is 6.07 Å². The van der Waals surface area contributed by atoms with E-state index in [0.717, 1.165) is 12.0 Å². The summed E-state index contributed by atoms with van der Waals surface area (Å²) in [5, 5.41) is 3.25. The zero-order valence-electron chi connectivity index (χ0n) is 12.3. The summed E-state index contributed by atoms with van der Waals surface area (Å²) in [5.74, 6) is 0.150. The van der Waals surface area contributed by atoms with Gasteiger partial charge in [0.1, 0.15) is 17.3 Å². The van der Waals surface area contributed by atoms with Crippen molar-refractivity contribution in [1.29, 1.82) is 0 Å². The SMILES string of the molecule is NC(=O)c1cncc(NC(CC2CC2)c2cc(F)cc(Br)c2)n1. The molecule has 1 heterocycles. The fourth-order valence-electron chi connectivity index (χ4n) is 2.47. The van der Waals surface area contributed by atoms with Crippen LogP contribution in [0.5, 0.6) is 0 Å². The van der Waals surface area contributed by atoms with Gasteiger partial charge in [-0.2, -0.15) is 0 Å². The average Bonchev–Trinajstić information content (AvgIpc) is 3.30. The number of rotatable bonds is 6. The molecule has 3 rings (SSSR count). The quantitative estimate of drug-likeness (QED) is 0.806. The number of hydrogen-bond donors (Lipinski definition) is 2. The van der Waals surface area contributed by atoms with E-state index >= 15 is 0 Å². The first-order valence-corrected chi connectivity index (χ1v) is 8.15. The second-order valence-corrected chi connectivity index (χ2v) is 6.65. The van der Waals surface area contributed by atoms with Crippen molar-refractivity contribution in [3.05, 3.63) is 52.1 Å². The van der Waals surface area contributed by atoms with Gasteiger partial charge in [-0.15, -0.1) is 0 Å². The number of anilines is 1. The van der Waals surface area contributed by atoms with E-state index in [1.165, 1.54) is 37.4 Å². The van der Waals surface area contributed by atoms with Crippen LogP contribution < -0.4 is 11.1 Å². The number of hydrogen-bond acceptors (Lipinski definition) is 4. The molecule has 1 aromatic carbocycles.